The Morgan fingerprint density at radius 2 is 1.85 bits per heavy atom. The fourth-order valence-corrected chi connectivity index (χ4v) is 3.46. The van der Waals surface area contributed by atoms with Gasteiger partial charge in [-0.25, -0.2) is 9.97 Å². The van der Waals surface area contributed by atoms with E-state index in [2.05, 4.69) is 19.8 Å². The molecule has 3 N–H and O–H groups in total. The SMILES string of the molecule is COc1cc(CN2CCN(c3cc(N)ncn3)C[C@H]2CCO)cc(OC)c1. The fraction of sp³-hybridized carbons (Fsp3) is 0.474. The van der Waals surface area contributed by atoms with E-state index in [4.69, 9.17) is 15.2 Å². The highest BCUT2D eigenvalue weighted by molar-refractivity contribution is 5.46. The van der Waals surface area contributed by atoms with Gasteiger partial charge in [-0.2, -0.15) is 0 Å². The molecule has 1 aromatic carbocycles. The van der Waals surface area contributed by atoms with Gasteiger partial charge >= 0.3 is 0 Å². The summed E-state index contributed by atoms with van der Waals surface area (Å²) >= 11 is 0. The molecule has 1 aliphatic heterocycles. The zero-order chi connectivity index (χ0) is 19.2. The second-order valence-electron chi connectivity index (χ2n) is 6.60. The predicted molar refractivity (Wildman–Crippen MR) is 104 cm³/mol. The molecule has 8 nitrogen and oxygen atoms in total. The maximum atomic E-state index is 9.54. The van der Waals surface area contributed by atoms with Crippen molar-refractivity contribution in [2.24, 2.45) is 0 Å². The number of methoxy groups -OCH3 is 2. The van der Waals surface area contributed by atoms with Crippen molar-refractivity contribution in [3.05, 3.63) is 36.2 Å². The third-order valence-electron chi connectivity index (χ3n) is 4.86. The Kier molecular flexibility index (Phi) is 6.31. The van der Waals surface area contributed by atoms with Crippen molar-refractivity contribution >= 4 is 11.6 Å². The van der Waals surface area contributed by atoms with Gasteiger partial charge < -0.3 is 25.2 Å². The number of aliphatic hydroxyl groups excluding tert-OH is 1. The number of piperazine rings is 1. The topological polar surface area (TPSA) is 97.0 Å². The lowest BCUT2D eigenvalue weighted by atomic mass is 10.1. The van der Waals surface area contributed by atoms with E-state index in [1.54, 1.807) is 20.3 Å². The molecule has 8 heteroatoms. The minimum absolute atomic E-state index is 0.141. The molecular formula is C19H27N5O3. The molecule has 0 bridgehead atoms. The Hall–Kier alpha value is -2.58. The Balaban J connectivity index is 1.74. The molecule has 0 amide bonds. The summed E-state index contributed by atoms with van der Waals surface area (Å²) in [6, 6.07) is 7.91. The first-order chi connectivity index (χ1) is 13.1. The number of hydrogen-bond donors (Lipinski definition) is 2. The highest BCUT2D eigenvalue weighted by Gasteiger charge is 2.27. The maximum absolute atomic E-state index is 9.54. The van der Waals surface area contributed by atoms with Crippen LogP contribution in [-0.4, -0.2) is 66.5 Å². The van der Waals surface area contributed by atoms with Crippen LogP contribution >= 0.6 is 0 Å². The summed E-state index contributed by atoms with van der Waals surface area (Å²) in [4.78, 5) is 12.9. The molecular weight excluding hydrogens is 346 g/mol. The van der Waals surface area contributed by atoms with E-state index in [-0.39, 0.29) is 12.6 Å². The Morgan fingerprint density at radius 3 is 2.48 bits per heavy atom. The second-order valence-corrected chi connectivity index (χ2v) is 6.60. The third kappa shape index (κ3) is 4.78. The monoisotopic (exact) mass is 373 g/mol. The molecule has 2 heterocycles. The molecule has 27 heavy (non-hydrogen) atoms. The molecule has 1 fully saturated rings. The van der Waals surface area contributed by atoms with E-state index in [0.29, 0.717) is 12.2 Å². The third-order valence-corrected chi connectivity index (χ3v) is 4.86. The van der Waals surface area contributed by atoms with Gasteiger partial charge in [0, 0.05) is 51.0 Å². The molecule has 1 atom stereocenters. The van der Waals surface area contributed by atoms with Gasteiger partial charge in [0.2, 0.25) is 0 Å². The number of anilines is 2. The number of benzene rings is 1. The summed E-state index contributed by atoms with van der Waals surface area (Å²) in [6.07, 6.45) is 2.18. The van der Waals surface area contributed by atoms with Crippen LogP contribution < -0.4 is 20.1 Å². The molecule has 1 aliphatic rings. The van der Waals surface area contributed by atoms with Crippen LogP contribution in [0.3, 0.4) is 0 Å². The van der Waals surface area contributed by atoms with Crippen LogP contribution in [0.25, 0.3) is 0 Å². The number of rotatable bonds is 7. The molecule has 3 rings (SSSR count). The zero-order valence-corrected chi connectivity index (χ0v) is 15.8. The van der Waals surface area contributed by atoms with Crippen LogP contribution in [0, 0.1) is 0 Å². The first kappa shape index (κ1) is 19.2. The van der Waals surface area contributed by atoms with Gasteiger partial charge in [-0.05, 0) is 24.1 Å². The maximum Gasteiger partial charge on any atom is 0.134 e. The molecule has 1 saturated heterocycles. The second kappa shape index (κ2) is 8.88. The highest BCUT2D eigenvalue weighted by Crippen LogP contribution is 2.26. The van der Waals surface area contributed by atoms with Crippen LogP contribution in [0.15, 0.2) is 30.6 Å². The molecule has 1 aromatic heterocycles. The average Bonchev–Trinajstić information content (AvgIpc) is 2.69. The van der Waals surface area contributed by atoms with E-state index in [9.17, 15) is 5.11 Å². The quantitative estimate of drug-likeness (QED) is 0.746. The minimum atomic E-state index is 0.141. The number of aromatic nitrogens is 2. The largest absolute Gasteiger partial charge is 0.497 e. The van der Waals surface area contributed by atoms with Crippen LogP contribution in [0.4, 0.5) is 11.6 Å². The van der Waals surface area contributed by atoms with E-state index >= 15 is 0 Å². The van der Waals surface area contributed by atoms with Crippen molar-refractivity contribution in [3.63, 3.8) is 0 Å². The smallest absolute Gasteiger partial charge is 0.134 e. The van der Waals surface area contributed by atoms with Crippen LogP contribution in [0.1, 0.15) is 12.0 Å². The van der Waals surface area contributed by atoms with Crippen molar-refractivity contribution < 1.29 is 14.6 Å². The molecule has 0 saturated carbocycles. The van der Waals surface area contributed by atoms with Gasteiger partial charge in [0.1, 0.15) is 29.5 Å². The summed E-state index contributed by atoms with van der Waals surface area (Å²) in [6.45, 7) is 3.37. The summed E-state index contributed by atoms with van der Waals surface area (Å²) in [7, 11) is 3.30. The van der Waals surface area contributed by atoms with E-state index in [0.717, 1.165) is 49.1 Å². The lowest BCUT2D eigenvalue weighted by Gasteiger charge is -2.42. The molecule has 0 radical (unpaired) electrons. The Labute approximate surface area is 159 Å². The first-order valence-corrected chi connectivity index (χ1v) is 9.02. The van der Waals surface area contributed by atoms with Crippen molar-refractivity contribution in [2.45, 2.75) is 19.0 Å². The van der Waals surface area contributed by atoms with Gasteiger partial charge in [-0.3, -0.25) is 4.90 Å². The molecule has 0 unspecified atom stereocenters. The summed E-state index contributed by atoms with van der Waals surface area (Å²) in [5.41, 5.74) is 6.91. The van der Waals surface area contributed by atoms with Crippen LogP contribution in [0.5, 0.6) is 11.5 Å². The number of nitrogen functional groups attached to an aromatic ring is 1. The number of aliphatic hydroxyl groups is 1. The number of ether oxygens (including phenoxy) is 2. The van der Waals surface area contributed by atoms with Gasteiger partial charge in [-0.1, -0.05) is 0 Å². The van der Waals surface area contributed by atoms with Crippen molar-refractivity contribution in [2.75, 3.05) is 51.1 Å². The van der Waals surface area contributed by atoms with Crippen molar-refractivity contribution in [1.82, 2.24) is 14.9 Å². The van der Waals surface area contributed by atoms with Gasteiger partial charge in [-0.15, -0.1) is 0 Å². The van der Waals surface area contributed by atoms with Crippen LogP contribution in [0.2, 0.25) is 0 Å². The van der Waals surface area contributed by atoms with Crippen LogP contribution in [-0.2, 0) is 6.54 Å². The highest BCUT2D eigenvalue weighted by atomic mass is 16.5. The van der Waals surface area contributed by atoms with Crippen molar-refractivity contribution in [1.29, 1.82) is 0 Å². The molecule has 2 aromatic rings. The van der Waals surface area contributed by atoms with Gasteiger partial charge in [0.25, 0.3) is 0 Å². The normalized spacial score (nSPS) is 17.7. The zero-order valence-electron chi connectivity index (χ0n) is 15.8. The minimum Gasteiger partial charge on any atom is -0.497 e. The number of hydrogen-bond acceptors (Lipinski definition) is 8. The van der Waals surface area contributed by atoms with E-state index < -0.39 is 0 Å². The Bertz CT molecular complexity index is 736. The summed E-state index contributed by atoms with van der Waals surface area (Å²) in [5.74, 6) is 2.84. The summed E-state index contributed by atoms with van der Waals surface area (Å²) in [5, 5.41) is 9.54. The summed E-state index contributed by atoms with van der Waals surface area (Å²) < 4.78 is 10.7. The lowest BCUT2D eigenvalue weighted by Crippen LogP contribution is -2.53. The molecule has 0 spiro atoms. The molecule has 146 valence electrons. The average molecular weight is 373 g/mol. The van der Waals surface area contributed by atoms with Gasteiger partial charge in [0.05, 0.1) is 14.2 Å². The molecule has 0 aliphatic carbocycles. The fourth-order valence-electron chi connectivity index (χ4n) is 3.46. The van der Waals surface area contributed by atoms with E-state index in [1.807, 2.05) is 18.2 Å². The number of nitrogens with two attached hydrogens (primary N) is 1. The number of nitrogens with zero attached hydrogens (tertiary/aromatic N) is 4. The lowest BCUT2D eigenvalue weighted by molar-refractivity contribution is 0.135. The standard InChI is InChI=1S/C19H27N5O3/c1-26-16-7-14(8-17(9-16)27-2)11-23-4-5-24(12-15(23)3-6-25)19-10-18(20)21-13-22-19/h7-10,13,15,25H,3-6,11-12H2,1-2H3,(H2,20,21,22)/t15-/m1/s1. The van der Waals surface area contributed by atoms with Crippen molar-refractivity contribution in [3.8, 4) is 11.5 Å². The first-order valence-electron chi connectivity index (χ1n) is 9.02. The Morgan fingerprint density at radius 1 is 1.11 bits per heavy atom. The van der Waals surface area contributed by atoms with Gasteiger partial charge in [0.15, 0.2) is 0 Å². The van der Waals surface area contributed by atoms with E-state index in [1.165, 1.54) is 6.33 Å². The predicted octanol–water partition coefficient (Wildman–Crippen LogP) is 1.15.